The van der Waals surface area contributed by atoms with Gasteiger partial charge in [-0.3, -0.25) is 4.79 Å². The Morgan fingerprint density at radius 3 is 2.49 bits per heavy atom. The minimum absolute atomic E-state index is 0.0853. The maximum Gasteiger partial charge on any atom is 0.253 e. The van der Waals surface area contributed by atoms with Crippen LogP contribution in [0.1, 0.15) is 48.0 Å². The number of aliphatic hydroxyl groups is 1. The molecule has 3 fully saturated rings. The molecule has 0 bridgehead atoms. The average Bonchev–Trinajstić information content (AvgIpc) is 3.74. The molecule has 0 radical (unpaired) electrons. The SMILES string of the molecule is O=C(c1ccc(Nc2nc3c(N4CCC(O)(c5ccc(Cl)cc5)CC4)cccn3n2)cc1)N1CCC2(CCCN2)C1. The molecule has 212 valence electrons. The van der Waals surface area contributed by atoms with Crippen molar-refractivity contribution in [1.82, 2.24) is 24.8 Å². The first kappa shape index (κ1) is 26.3. The first-order chi connectivity index (χ1) is 19.9. The number of piperidine rings is 1. The van der Waals surface area contributed by atoms with Crippen molar-refractivity contribution in [1.29, 1.82) is 0 Å². The quantitative estimate of drug-likeness (QED) is 0.322. The fourth-order valence-electron chi connectivity index (χ4n) is 6.63. The van der Waals surface area contributed by atoms with Crippen LogP contribution >= 0.6 is 11.6 Å². The van der Waals surface area contributed by atoms with Crippen LogP contribution in [-0.2, 0) is 5.60 Å². The Kier molecular flexibility index (Phi) is 6.60. The van der Waals surface area contributed by atoms with Crippen LogP contribution < -0.4 is 15.5 Å². The highest BCUT2D eigenvalue weighted by Crippen LogP contribution is 2.36. The second-order valence-electron chi connectivity index (χ2n) is 11.6. The normalized spacial score (nSPS) is 22.1. The van der Waals surface area contributed by atoms with Crippen LogP contribution in [0.3, 0.4) is 0 Å². The standard InChI is InChI=1S/C31H34ClN7O2/c32-24-8-6-23(7-9-24)31(41)14-19-37(20-15-31)26-3-1-17-39-27(26)35-29(36-39)34-25-10-4-22(5-11-25)28(40)38-18-13-30(21-38)12-2-16-33-30/h1,3-11,17,33,41H,2,12-16,18-21H2,(H,34,36). The van der Waals surface area contributed by atoms with Crippen molar-refractivity contribution in [3.05, 3.63) is 83.0 Å². The van der Waals surface area contributed by atoms with Crippen LogP contribution in [0.25, 0.3) is 5.65 Å². The third-order valence-corrected chi connectivity index (χ3v) is 9.27. The number of hydrogen-bond acceptors (Lipinski definition) is 7. The summed E-state index contributed by atoms with van der Waals surface area (Å²) >= 11 is 6.04. The van der Waals surface area contributed by atoms with Crippen molar-refractivity contribution < 1.29 is 9.90 Å². The molecule has 1 unspecified atom stereocenters. The molecule has 0 saturated carbocycles. The van der Waals surface area contributed by atoms with Gasteiger partial charge in [-0.05, 0) is 92.7 Å². The molecule has 1 amide bonds. The molecule has 41 heavy (non-hydrogen) atoms. The van der Waals surface area contributed by atoms with Gasteiger partial charge in [0.25, 0.3) is 5.91 Å². The summed E-state index contributed by atoms with van der Waals surface area (Å²) in [6, 6.07) is 19.0. The van der Waals surface area contributed by atoms with Crippen LogP contribution in [0.5, 0.6) is 0 Å². The maximum atomic E-state index is 13.1. The average molecular weight is 572 g/mol. The third kappa shape index (κ3) is 5.03. The first-order valence-corrected chi connectivity index (χ1v) is 14.8. The van der Waals surface area contributed by atoms with Gasteiger partial charge in [-0.15, -0.1) is 5.10 Å². The molecule has 5 heterocycles. The van der Waals surface area contributed by atoms with E-state index >= 15 is 0 Å². The highest BCUT2D eigenvalue weighted by atomic mass is 35.5. The van der Waals surface area contributed by atoms with Gasteiger partial charge in [-0.2, -0.15) is 4.98 Å². The predicted octanol–water partition coefficient (Wildman–Crippen LogP) is 4.58. The monoisotopic (exact) mass is 571 g/mol. The van der Waals surface area contributed by atoms with E-state index in [4.69, 9.17) is 16.6 Å². The maximum absolute atomic E-state index is 13.1. The van der Waals surface area contributed by atoms with Gasteiger partial charge in [0.1, 0.15) is 0 Å². The molecule has 3 N–H and O–H groups in total. The van der Waals surface area contributed by atoms with Crippen molar-refractivity contribution in [3.63, 3.8) is 0 Å². The van der Waals surface area contributed by atoms with Gasteiger partial charge in [0.15, 0.2) is 5.65 Å². The number of halogens is 1. The zero-order chi connectivity index (χ0) is 28.0. The van der Waals surface area contributed by atoms with Crippen molar-refractivity contribution >= 4 is 40.5 Å². The lowest BCUT2D eigenvalue weighted by molar-refractivity contribution is 0.0118. The number of benzene rings is 2. The summed E-state index contributed by atoms with van der Waals surface area (Å²) in [4.78, 5) is 22.1. The van der Waals surface area contributed by atoms with Crippen LogP contribution in [0, 0.1) is 0 Å². The molecular formula is C31H34ClN7O2. The first-order valence-electron chi connectivity index (χ1n) is 14.4. The van der Waals surface area contributed by atoms with E-state index in [2.05, 4.69) is 20.6 Å². The Labute approximate surface area is 244 Å². The van der Waals surface area contributed by atoms with Crippen LogP contribution in [0.2, 0.25) is 5.02 Å². The summed E-state index contributed by atoms with van der Waals surface area (Å²) < 4.78 is 1.77. The smallest absolute Gasteiger partial charge is 0.253 e. The number of nitrogens with one attached hydrogen (secondary N) is 2. The summed E-state index contributed by atoms with van der Waals surface area (Å²) in [5.74, 6) is 0.571. The minimum Gasteiger partial charge on any atom is -0.385 e. The molecule has 3 aliphatic heterocycles. The molecular weight excluding hydrogens is 538 g/mol. The molecule has 1 spiro atoms. The summed E-state index contributed by atoms with van der Waals surface area (Å²) in [5, 5.41) is 23.5. The van der Waals surface area contributed by atoms with E-state index in [0.717, 1.165) is 55.1 Å². The zero-order valence-electron chi connectivity index (χ0n) is 22.9. The van der Waals surface area contributed by atoms with Gasteiger partial charge >= 0.3 is 0 Å². The van der Waals surface area contributed by atoms with E-state index in [-0.39, 0.29) is 11.4 Å². The fraction of sp³-hybridized carbons (Fsp3) is 0.387. The van der Waals surface area contributed by atoms with E-state index in [1.165, 1.54) is 6.42 Å². The van der Waals surface area contributed by atoms with Gasteiger partial charge in [-0.25, -0.2) is 4.52 Å². The molecule has 7 rings (SSSR count). The van der Waals surface area contributed by atoms with E-state index in [1.807, 2.05) is 71.8 Å². The van der Waals surface area contributed by atoms with Crippen molar-refractivity contribution in [2.24, 2.45) is 0 Å². The van der Waals surface area contributed by atoms with E-state index < -0.39 is 5.60 Å². The van der Waals surface area contributed by atoms with Crippen molar-refractivity contribution in [2.45, 2.75) is 43.2 Å². The lowest BCUT2D eigenvalue weighted by Gasteiger charge is -2.39. The van der Waals surface area contributed by atoms with Gasteiger partial charge in [0, 0.05) is 54.2 Å². The van der Waals surface area contributed by atoms with Gasteiger partial charge < -0.3 is 25.5 Å². The molecule has 9 nitrogen and oxygen atoms in total. The fourth-order valence-corrected chi connectivity index (χ4v) is 6.75. The largest absolute Gasteiger partial charge is 0.385 e. The Balaban J connectivity index is 1.02. The molecule has 10 heteroatoms. The van der Waals surface area contributed by atoms with Gasteiger partial charge in [-0.1, -0.05) is 23.7 Å². The van der Waals surface area contributed by atoms with E-state index in [0.29, 0.717) is 42.5 Å². The second kappa shape index (κ2) is 10.3. The van der Waals surface area contributed by atoms with Crippen molar-refractivity contribution in [2.75, 3.05) is 42.9 Å². The van der Waals surface area contributed by atoms with Crippen LogP contribution in [0.4, 0.5) is 17.3 Å². The number of amides is 1. The van der Waals surface area contributed by atoms with Gasteiger partial charge in [0.2, 0.25) is 5.95 Å². The summed E-state index contributed by atoms with van der Waals surface area (Å²) in [6.07, 6.45) is 6.46. The summed E-state index contributed by atoms with van der Waals surface area (Å²) in [5.41, 5.74) is 3.40. The number of anilines is 3. The van der Waals surface area contributed by atoms with Crippen molar-refractivity contribution in [3.8, 4) is 0 Å². The lowest BCUT2D eigenvalue weighted by Crippen LogP contribution is -2.43. The number of hydrogen-bond donors (Lipinski definition) is 3. The summed E-state index contributed by atoms with van der Waals surface area (Å²) in [7, 11) is 0. The Morgan fingerprint density at radius 2 is 1.76 bits per heavy atom. The minimum atomic E-state index is -0.871. The Hall–Kier alpha value is -3.66. The molecule has 1 atom stereocenters. The number of carbonyl (C=O) groups excluding carboxylic acids is 1. The molecule has 3 aliphatic rings. The Morgan fingerprint density at radius 1 is 0.976 bits per heavy atom. The summed E-state index contributed by atoms with van der Waals surface area (Å²) in [6.45, 7) is 4.02. The molecule has 4 aromatic rings. The molecule has 2 aromatic carbocycles. The van der Waals surface area contributed by atoms with E-state index in [1.54, 1.807) is 4.52 Å². The number of likely N-dealkylation sites (tertiary alicyclic amines) is 1. The van der Waals surface area contributed by atoms with Crippen LogP contribution in [0.15, 0.2) is 66.9 Å². The topological polar surface area (TPSA) is 98.0 Å². The third-order valence-electron chi connectivity index (χ3n) is 9.02. The highest BCUT2D eigenvalue weighted by Gasteiger charge is 2.41. The number of nitrogens with zero attached hydrogens (tertiary/aromatic N) is 5. The molecule has 0 aliphatic carbocycles. The van der Waals surface area contributed by atoms with Gasteiger partial charge in [0.05, 0.1) is 11.3 Å². The number of rotatable bonds is 5. The number of fused-ring (bicyclic) bond motifs is 1. The van der Waals surface area contributed by atoms with E-state index in [9.17, 15) is 9.90 Å². The zero-order valence-corrected chi connectivity index (χ0v) is 23.6. The van der Waals surface area contributed by atoms with Crippen LogP contribution in [-0.4, -0.2) is 68.8 Å². The second-order valence-corrected chi connectivity index (χ2v) is 12.0. The molecule has 2 aromatic heterocycles. The predicted molar refractivity (Wildman–Crippen MR) is 160 cm³/mol. The molecule has 3 saturated heterocycles. The lowest BCUT2D eigenvalue weighted by atomic mass is 9.84. The number of aromatic nitrogens is 3. The highest BCUT2D eigenvalue weighted by molar-refractivity contribution is 6.30. The number of carbonyl (C=O) groups is 1. The Bertz CT molecular complexity index is 1560. The number of pyridine rings is 1.